The lowest BCUT2D eigenvalue weighted by molar-refractivity contribution is -0.122. The fourth-order valence-electron chi connectivity index (χ4n) is 4.14. The first-order valence-corrected chi connectivity index (χ1v) is 12.3. The lowest BCUT2D eigenvalue weighted by Crippen LogP contribution is -2.42. The van der Waals surface area contributed by atoms with Crippen molar-refractivity contribution in [3.05, 3.63) is 100 Å². The van der Waals surface area contributed by atoms with Crippen molar-refractivity contribution in [1.29, 1.82) is 0 Å². The summed E-state index contributed by atoms with van der Waals surface area (Å²) in [5.74, 6) is -0.190. The van der Waals surface area contributed by atoms with Crippen LogP contribution in [-0.4, -0.2) is 25.2 Å². The van der Waals surface area contributed by atoms with Gasteiger partial charge in [-0.25, -0.2) is 8.42 Å². The first-order chi connectivity index (χ1) is 15.3. The minimum Gasteiger partial charge on any atom is -0.352 e. The number of sulfonamides is 1. The van der Waals surface area contributed by atoms with E-state index in [0.717, 1.165) is 22.3 Å². The first-order valence-electron chi connectivity index (χ1n) is 10.5. The Morgan fingerprint density at radius 2 is 1.81 bits per heavy atom. The minimum absolute atomic E-state index is 0.0512. The molecule has 0 radical (unpaired) electrons. The minimum atomic E-state index is -3.79. The molecule has 1 aliphatic heterocycles. The smallest absolute Gasteiger partial charge is 0.243 e. The molecule has 4 rings (SSSR count). The Balaban J connectivity index is 1.59. The van der Waals surface area contributed by atoms with Crippen molar-refractivity contribution in [1.82, 2.24) is 9.62 Å². The summed E-state index contributed by atoms with van der Waals surface area (Å²) in [5, 5.41) is 3.42. The molecule has 1 unspecified atom stereocenters. The molecule has 0 saturated carbocycles. The second-order valence-corrected chi connectivity index (χ2v) is 10.3. The molecule has 5 nitrogen and oxygen atoms in total. The van der Waals surface area contributed by atoms with E-state index in [2.05, 4.69) is 5.32 Å². The summed E-state index contributed by atoms with van der Waals surface area (Å²) in [7, 11) is -3.79. The highest BCUT2D eigenvalue weighted by Crippen LogP contribution is 2.36. The molecule has 1 atom stereocenters. The molecule has 7 heteroatoms. The molecule has 3 aromatic rings. The van der Waals surface area contributed by atoms with Crippen LogP contribution in [0.1, 0.15) is 34.7 Å². The number of benzene rings is 3. The zero-order valence-corrected chi connectivity index (χ0v) is 19.4. The van der Waals surface area contributed by atoms with Crippen LogP contribution >= 0.6 is 11.6 Å². The van der Waals surface area contributed by atoms with Crippen molar-refractivity contribution < 1.29 is 13.2 Å². The Morgan fingerprint density at radius 3 is 2.56 bits per heavy atom. The average molecular weight is 469 g/mol. The van der Waals surface area contributed by atoms with Crippen LogP contribution in [-0.2, 0) is 27.8 Å². The lowest BCUT2D eigenvalue weighted by Gasteiger charge is -2.36. The third kappa shape index (κ3) is 4.88. The zero-order valence-electron chi connectivity index (χ0n) is 17.8. The predicted octanol–water partition coefficient (Wildman–Crippen LogP) is 4.64. The van der Waals surface area contributed by atoms with E-state index in [1.807, 2.05) is 55.5 Å². The van der Waals surface area contributed by atoms with Gasteiger partial charge in [-0.15, -0.1) is 0 Å². The number of halogens is 1. The Kier molecular flexibility index (Phi) is 6.65. The van der Waals surface area contributed by atoms with Crippen molar-refractivity contribution in [3.63, 3.8) is 0 Å². The van der Waals surface area contributed by atoms with Gasteiger partial charge < -0.3 is 5.32 Å². The van der Waals surface area contributed by atoms with E-state index in [0.29, 0.717) is 24.5 Å². The number of aryl methyl sites for hydroxylation is 1. The van der Waals surface area contributed by atoms with E-state index >= 15 is 0 Å². The Hall–Kier alpha value is -2.67. The Labute approximate surface area is 194 Å². The number of fused-ring (bicyclic) bond motifs is 1. The predicted molar refractivity (Wildman–Crippen MR) is 126 cm³/mol. The fourth-order valence-corrected chi connectivity index (χ4v) is 5.87. The second-order valence-electron chi connectivity index (χ2n) is 8.00. The number of hydrogen-bond acceptors (Lipinski definition) is 3. The fraction of sp³-hybridized carbons (Fsp3) is 0.240. The SMILES string of the molecule is Cc1cccc(CNC(=O)CC2c3ccccc3CCN2S(=O)(=O)c2ccc(Cl)cc2)c1. The van der Waals surface area contributed by atoms with Crippen molar-refractivity contribution in [2.45, 2.75) is 37.2 Å². The summed E-state index contributed by atoms with van der Waals surface area (Å²) in [4.78, 5) is 13.1. The van der Waals surface area contributed by atoms with Crippen LogP contribution in [0, 0.1) is 6.92 Å². The summed E-state index contributed by atoms with van der Waals surface area (Å²) >= 11 is 5.95. The number of rotatable bonds is 6. The van der Waals surface area contributed by atoms with E-state index in [1.165, 1.54) is 16.4 Å². The number of amides is 1. The van der Waals surface area contributed by atoms with Gasteiger partial charge in [0, 0.05) is 24.5 Å². The van der Waals surface area contributed by atoms with Gasteiger partial charge in [-0.3, -0.25) is 4.79 Å². The number of nitrogens with one attached hydrogen (secondary N) is 1. The van der Waals surface area contributed by atoms with Crippen LogP contribution in [0.3, 0.4) is 0 Å². The molecule has 166 valence electrons. The normalized spacial score (nSPS) is 16.4. The van der Waals surface area contributed by atoms with Crippen LogP contribution in [0.2, 0.25) is 5.02 Å². The van der Waals surface area contributed by atoms with Crippen LogP contribution in [0.5, 0.6) is 0 Å². The van der Waals surface area contributed by atoms with Crippen molar-refractivity contribution in [2.75, 3.05) is 6.54 Å². The van der Waals surface area contributed by atoms with Crippen LogP contribution < -0.4 is 5.32 Å². The van der Waals surface area contributed by atoms with Gasteiger partial charge in [-0.05, 0) is 54.3 Å². The second kappa shape index (κ2) is 9.45. The van der Waals surface area contributed by atoms with E-state index in [9.17, 15) is 13.2 Å². The van der Waals surface area contributed by atoms with Gasteiger partial charge in [-0.1, -0.05) is 65.7 Å². The largest absolute Gasteiger partial charge is 0.352 e. The molecule has 0 aromatic heterocycles. The van der Waals surface area contributed by atoms with Gasteiger partial charge in [0.1, 0.15) is 0 Å². The van der Waals surface area contributed by atoms with Crippen LogP contribution in [0.4, 0.5) is 0 Å². The molecule has 1 heterocycles. The Morgan fingerprint density at radius 1 is 1.06 bits per heavy atom. The molecule has 0 spiro atoms. The molecule has 1 aliphatic rings. The first kappa shape index (κ1) is 22.5. The van der Waals surface area contributed by atoms with Crippen molar-refractivity contribution in [3.8, 4) is 0 Å². The van der Waals surface area contributed by atoms with Gasteiger partial charge >= 0.3 is 0 Å². The molecular weight excluding hydrogens is 444 g/mol. The monoisotopic (exact) mass is 468 g/mol. The molecule has 32 heavy (non-hydrogen) atoms. The molecule has 0 aliphatic carbocycles. The van der Waals surface area contributed by atoms with Crippen LogP contribution in [0.15, 0.2) is 77.7 Å². The summed E-state index contributed by atoms with van der Waals surface area (Å²) in [6, 6.07) is 21.2. The average Bonchev–Trinajstić information content (AvgIpc) is 2.78. The summed E-state index contributed by atoms with van der Waals surface area (Å²) < 4.78 is 28.4. The molecular formula is C25H25ClN2O3S. The van der Waals surface area contributed by atoms with Crippen molar-refractivity contribution in [2.24, 2.45) is 0 Å². The van der Waals surface area contributed by atoms with Crippen LogP contribution in [0.25, 0.3) is 0 Å². The highest BCUT2D eigenvalue weighted by Gasteiger charge is 2.37. The maximum Gasteiger partial charge on any atom is 0.243 e. The standard InChI is InChI=1S/C25H25ClN2O3S/c1-18-5-4-6-19(15-18)17-27-25(29)16-24-23-8-3-2-7-20(23)13-14-28(24)32(30,31)22-11-9-21(26)10-12-22/h2-12,15,24H,13-14,16-17H2,1H3,(H,27,29). The highest BCUT2D eigenvalue weighted by atomic mass is 35.5. The molecule has 3 aromatic carbocycles. The molecule has 1 amide bonds. The highest BCUT2D eigenvalue weighted by molar-refractivity contribution is 7.89. The molecule has 0 saturated heterocycles. The number of nitrogens with zero attached hydrogens (tertiary/aromatic N) is 1. The van der Waals surface area contributed by atoms with E-state index in [4.69, 9.17) is 11.6 Å². The summed E-state index contributed by atoms with van der Waals surface area (Å²) in [6.45, 7) is 2.72. The maximum absolute atomic E-state index is 13.5. The van der Waals surface area contributed by atoms with E-state index in [1.54, 1.807) is 12.1 Å². The van der Waals surface area contributed by atoms with Gasteiger partial charge in [0.05, 0.1) is 10.9 Å². The summed E-state index contributed by atoms with van der Waals surface area (Å²) in [5.41, 5.74) is 4.08. The third-order valence-electron chi connectivity index (χ3n) is 5.73. The number of carbonyl (C=O) groups is 1. The topological polar surface area (TPSA) is 66.5 Å². The van der Waals surface area contributed by atoms with E-state index in [-0.39, 0.29) is 17.2 Å². The van der Waals surface area contributed by atoms with Gasteiger partial charge in [0.15, 0.2) is 0 Å². The molecule has 0 fully saturated rings. The molecule has 0 bridgehead atoms. The van der Waals surface area contributed by atoms with Gasteiger partial charge in [0.2, 0.25) is 15.9 Å². The van der Waals surface area contributed by atoms with E-state index < -0.39 is 16.1 Å². The quantitative estimate of drug-likeness (QED) is 0.573. The third-order valence-corrected chi connectivity index (χ3v) is 7.91. The number of hydrogen-bond donors (Lipinski definition) is 1. The van der Waals surface area contributed by atoms with Crippen molar-refractivity contribution >= 4 is 27.5 Å². The number of carbonyl (C=O) groups excluding carboxylic acids is 1. The lowest BCUT2D eigenvalue weighted by atomic mass is 9.92. The Bertz CT molecular complexity index is 1230. The summed E-state index contributed by atoms with van der Waals surface area (Å²) in [6.07, 6.45) is 0.653. The molecule has 1 N–H and O–H groups in total. The van der Waals surface area contributed by atoms with Gasteiger partial charge in [-0.2, -0.15) is 4.31 Å². The zero-order chi connectivity index (χ0) is 22.7. The maximum atomic E-state index is 13.5. The van der Waals surface area contributed by atoms with Gasteiger partial charge in [0.25, 0.3) is 0 Å².